The molecule has 124 valence electrons. The van der Waals surface area contributed by atoms with Crippen molar-refractivity contribution in [1.82, 2.24) is 0 Å². The van der Waals surface area contributed by atoms with Crippen LogP contribution in [0.25, 0.3) is 0 Å². The molecule has 2 rings (SSSR count). The van der Waals surface area contributed by atoms with Gasteiger partial charge in [0.15, 0.2) is 11.5 Å². The molecule has 22 heavy (non-hydrogen) atoms. The summed E-state index contributed by atoms with van der Waals surface area (Å²) in [5, 5.41) is 0. The number of morpholine rings is 1. The first-order chi connectivity index (χ1) is 10.6. The summed E-state index contributed by atoms with van der Waals surface area (Å²) < 4.78 is 17.0. The summed E-state index contributed by atoms with van der Waals surface area (Å²) >= 11 is 0. The first-order valence-corrected chi connectivity index (χ1v) is 8.35. The first-order valence-electron chi connectivity index (χ1n) is 8.35. The Labute approximate surface area is 134 Å². The van der Waals surface area contributed by atoms with E-state index in [0.717, 1.165) is 37.6 Å². The molecule has 0 radical (unpaired) electrons. The van der Waals surface area contributed by atoms with Crippen LogP contribution >= 0.6 is 0 Å². The molecule has 4 nitrogen and oxygen atoms in total. The number of methoxy groups -OCH3 is 1. The Morgan fingerprint density at radius 1 is 1.14 bits per heavy atom. The van der Waals surface area contributed by atoms with Gasteiger partial charge in [-0.1, -0.05) is 6.07 Å². The number of benzene rings is 1. The lowest BCUT2D eigenvalue weighted by atomic mass is 10.2. The fraction of sp³-hybridized carbons (Fsp3) is 0.667. The van der Waals surface area contributed by atoms with Crippen molar-refractivity contribution in [2.75, 3.05) is 33.4 Å². The first kappa shape index (κ1) is 17.1. The highest BCUT2D eigenvalue weighted by Crippen LogP contribution is 2.27. The van der Waals surface area contributed by atoms with Crippen LogP contribution in [0, 0.1) is 6.92 Å². The SMILES string of the molecule is COc1cc(C)ccc1OCCCC[NH+]1C[C@@H](C)O[C@H](C)C1. The second kappa shape index (κ2) is 8.39. The van der Waals surface area contributed by atoms with Crippen molar-refractivity contribution in [3.8, 4) is 11.5 Å². The van der Waals surface area contributed by atoms with E-state index in [1.165, 1.54) is 18.5 Å². The lowest BCUT2D eigenvalue weighted by molar-refractivity contribution is -0.915. The largest absolute Gasteiger partial charge is 0.493 e. The summed E-state index contributed by atoms with van der Waals surface area (Å²) in [6.07, 6.45) is 3.02. The molecule has 0 bridgehead atoms. The summed E-state index contributed by atoms with van der Waals surface area (Å²) in [6.45, 7) is 10.6. The van der Waals surface area contributed by atoms with E-state index in [9.17, 15) is 0 Å². The highest BCUT2D eigenvalue weighted by atomic mass is 16.5. The van der Waals surface area contributed by atoms with Crippen LogP contribution in [0.2, 0.25) is 0 Å². The number of hydrogen-bond donors (Lipinski definition) is 1. The molecule has 1 aliphatic heterocycles. The van der Waals surface area contributed by atoms with Gasteiger partial charge in [0.05, 0.1) is 20.3 Å². The zero-order valence-corrected chi connectivity index (χ0v) is 14.4. The molecule has 0 amide bonds. The number of nitrogens with one attached hydrogen (secondary N) is 1. The monoisotopic (exact) mass is 308 g/mol. The molecule has 1 aliphatic rings. The highest BCUT2D eigenvalue weighted by Gasteiger charge is 2.24. The Balaban J connectivity index is 1.67. The van der Waals surface area contributed by atoms with Crippen LogP contribution < -0.4 is 14.4 Å². The van der Waals surface area contributed by atoms with Gasteiger partial charge in [0.25, 0.3) is 0 Å². The standard InChI is InChI=1S/C18H29NO3/c1-14-7-8-17(18(11-14)20-4)21-10-6-5-9-19-12-15(2)22-16(3)13-19/h7-8,11,15-16H,5-6,9-10,12-13H2,1-4H3/p+1/t15-,16-/m1/s1. The fourth-order valence-corrected chi connectivity index (χ4v) is 3.15. The fourth-order valence-electron chi connectivity index (χ4n) is 3.15. The molecule has 0 spiro atoms. The molecule has 1 heterocycles. The van der Waals surface area contributed by atoms with E-state index in [1.54, 1.807) is 12.0 Å². The summed E-state index contributed by atoms with van der Waals surface area (Å²) in [5.41, 5.74) is 1.18. The van der Waals surface area contributed by atoms with Crippen LogP contribution in [0.1, 0.15) is 32.3 Å². The van der Waals surface area contributed by atoms with E-state index < -0.39 is 0 Å². The summed E-state index contributed by atoms with van der Waals surface area (Å²) in [6, 6.07) is 6.05. The van der Waals surface area contributed by atoms with E-state index in [4.69, 9.17) is 14.2 Å². The Hall–Kier alpha value is -1.26. The predicted octanol–water partition coefficient (Wildman–Crippen LogP) is 1.85. The van der Waals surface area contributed by atoms with Crippen molar-refractivity contribution >= 4 is 0 Å². The van der Waals surface area contributed by atoms with Gasteiger partial charge in [-0.3, -0.25) is 0 Å². The van der Waals surface area contributed by atoms with Crippen LogP contribution in [0.3, 0.4) is 0 Å². The number of hydrogen-bond acceptors (Lipinski definition) is 3. The molecule has 1 saturated heterocycles. The molecule has 0 unspecified atom stereocenters. The zero-order valence-electron chi connectivity index (χ0n) is 14.4. The second-order valence-corrected chi connectivity index (χ2v) is 6.38. The van der Waals surface area contributed by atoms with Gasteiger partial charge in [-0.15, -0.1) is 0 Å². The molecule has 0 aliphatic carbocycles. The molecular formula is C18H30NO3+. The molecule has 4 heteroatoms. The minimum absolute atomic E-state index is 0.381. The van der Waals surface area contributed by atoms with E-state index in [2.05, 4.69) is 26.8 Å². The maximum absolute atomic E-state index is 5.86. The highest BCUT2D eigenvalue weighted by molar-refractivity contribution is 5.42. The lowest BCUT2D eigenvalue weighted by Gasteiger charge is -2.32. The normalized spacial score (nSPS) is 25.0. The van der Waals surface area contributed by atoms with Crippen molar-refractivity contribution < 1.29 is 19.1 Å². The van der Waals surface area contributed by atoms with Gasteiger partial charge in [0.1, 0.15) is 25.3 Å². The average Bonchev–Trinajstić information content (AvgIpc) is 2.47. The van der Waals surface area contributed by atoms with Crippen LogP contribution in [-0.2, 0) is 4.74 Å². The van der Waals surface area contributed by atoms with Crippen LogP contribution in [0.15, 0.2) is 18.2 Å². The lowest BCUT2D eigenvalue weighted by Crippen LogP contribution is -3.15. The van der Waals surface area contributed by atoms with Crippen molar-refractivity contribution in [2.45, 2.75) is 45.8 Å². The summed E-state index contributed by atoms with van der Waals surface area (Å²) in [5.74, 6) is 1.66. The second-order valence-electron chi connectivity index (χ2n) is 6.38. The molecule has 0 aromatic heterocycles. The minimum atomic E-state index is 0.381. The number of unbranched alkanes of at least 4 members (excludes halogenated alkanes) is 1. The maximum Gasteiger partial charge on any atom is 0.161 e. The molecular weight excluding hydrogens is 278 g/mol. The van der Waals surface area contributed by atoms with Gasteiger partial charge in [-0.2, -0.15) is 0 Å². The molecule has 1 fully saturated rings. The van der Waals surface area contributed by atoms with Gasteiger partial charge >= 0.3 is 0 Å². The van der Waals surface area contributed by atoms with Crippen molar-refractivity contribution in [1.29, 1.82) is 0 Å². The van der Waals surface area contributed by atoms with Gasteiger partial charge in [-0.05, 0) is 51.3 Å². The quantitative estimate of drug-likeness (QED) is 0.780. The van der Waals surface area contributed by atoms with Gasteiger partial charge in [-0.25, -0.2) is 0 Å². The summed E-state index contributed by atoms with van der Waals surface area (Å²) in [4.78, 5) is 1.65. The third-order valence-corrected chi connectivity index (χ3v) is 4.12. The van der Waals surface area contributed by atoms with Gasteiger partial charge in [0.2, 0.25) is 0 Å². The molecule has 2 atom stereocenters. The predicted molar refractivity (Wildman–Crippen MR) is 88.0 cm³/mol. The van der Waals surface area contributed by atoms with Gasteiger partial charge < -0.3 is 19.1 Å². The zero-order chi connectivity index (χ0) is 15.9. The maximum atomic E-state index is 5.86. The average molecular weight is 308 g/mol. The Morgan fingerprint density at radius 3 is 2.55 bits per heavy atom. The van der Waals surface area contributed by atoms with E-state index in [-0.39, 0.29) is 0 Å². The van der Waals surface area contributed by atoms with Crippen LogP contribution in [0.4, 0.5) is 0 Å². The third-order valence-electron chi connectivity index (χ3n) is 4.12. The molecule has 1 N–H and O–H groups in total. The molecule has 0 saturated carbocycles. The Kier molecular flexibility index (Phi) is 6.52. The van der Waals surface area contributed by atoms with E-state index in [1.807, 2.05) is 12.1 Å². The number of quaternary nitrogens is 1. The van der Waals surface area contributed by atoms with Crippen molar-refractivity contribution in [3.05, 3.63) is 23.8 Å². The van der Waals surface area contributed by atoms with E-state index >= 15 is 0 Å². The van der Waals surface area contributed by atoms with Crippen LogP contribution in [-0.4, -0.2) is 45.6 Å². The Morgan fingerprint density at radius 2 is 1.86 bits per heavy atom. The number of aryl methyl sites for hydroxylation is 1. The third kappa shape index (κ3) is 5.18. The minimum Gasteiger partial charge on any atom is -0.493 e. The van der Waals surface area contributed by atoms with Gasteiger partial charge in [0, 0.05) is 0 Å². The number of rotatable bonds is 7. The molecule has 1 aromatic carbocycles. The van der Waals surface area contributed by atoms with Crippen LogP contribution in [0.5, 0.6) is 11.5 Å². The van der Waals surface area contributed by atoms with Crippen molar-refractivity contribution in [2.24, 2.45) is 0 Å². The summed E-state index contributed by atoms with van der Waals surface area (Å²) in [7, 11) is 1.69. The number of ether oxygens (including phenoxy) is 3. The smallest absolute Gasteiger partial charge is 0.161 e. The topological polar surface area (TPSA) is 32.1 Å². The van der Waals surface area contributed by atoms with Crippen molar-refractivity contribution in [3.63, 3.8) is 0 Å². The Bertz CT molecular complexity index is 454. The molecule has 1 aromatic rings. The van der Waals surface area contributed by atoms with E-state index in [0.29, 0.717) is 12.2 Å².